The topological polar surface area (TPSA) is 64.1 Å². The lowest BCUT2D eigenvalue weighted by Crippen LogP contribution is -2.37. The quantitative estimate of drug-likeness (QED) is 0.179. The zero-order valence-electron chi connectivity index (χ0n) is 19.1. The Morgan fingerprint density at radius 1 is 0.903 bits per heavy atom. The Morgan fingerprint density at radius 3 is 2.26 bits per heavy atom. The number of nitrogens with one attached hydrogen (secondary N) is 2. The summed E-state index contributed by atoms with van der Waals surface area (Å²) in [6.45, 7) is 7.62. The van der Waals surface area contributed by atoms with E-state index in [1.807, 2.05) is 13.0 Å². The number of rotatable bonds is 12. The first-order chi connectivity index (χ1) is 14.7. The van der Waals surface area contributed by atoms with Gasteiger partial charge >= 0.3 is 0 Å². The predicted molar refractivity (Wildman–Crippen MR) is 138 cm³/mol. The molecule has 2 aromatic carbocycles. The maximum absolute atomic E-state index is 5.66. The van der Waals surface area contributed by atoms with Crippen molar-refractivity contribution in [2.45, 2.75) is 39.8 Å². The summed E-state index contributed by atoms with van der Waals surface area (Å²) in [7, 11) is 3.37. The van der Waals surface area contributed by atoms with E-state index in [4.69, 9.17) is 19.2 Å². The molecule has 0 aliphatic carbocycles. The third-order valence-electron chi connectivity index (χ3n) is 4.56. The molecule has 0 spiro atoms. The summed E-state index contributed by atoms with van der Waals surface area (Å²) in [5.41, 5.74) is 3.58. The fraction of sp³-hybridized carbons (Fsp3) is 0.458. The van der Waals surface area contributed by atoms with Crippen LogP contribution in [0.25, 0.3) is 0 Å². The lowest BCUT2D eigenvalue weighted by atomic mass is 10.1. The van der Waals surface area contributed by atoms with Crippen LogP contribution in [0.2, 0.25) is 0 Å². The molecule has 0 aromatic heterocycles. The Balaban J connectivity index is 0.00000480. The molecule has 0 saturated heterocycles. The molecule has 0 fully saturated rings. The van der Waals surface area contributed by atoms with Gasteiger partial charge in [-0.1, -0.05) is 30.3 Å². The fourth-order valence-electron chi connectivity index (χ4n) is 3.06. The Hall–Kier alpha value is -2.00. The highest BCUT2D eigenvalue weighted by Crippen LogP contribution is 2.28. The van der Waals surface area contributed by atoms with Crippen LogP contribution in [-0.2, 0) is 24.3 Å². The smallest absolute Gasteiger partial charge is 0.191 e. The van der Waals surface area contributed by atoms with Crippen LogP contribution in [0.15, 0.2) is 47.5 Å². The monoisotopic (exact) mass is 541 g/mol. The van der Waals surface area contributed by atoms with E-state index in [2.05, 4.69) is 54.0 Å². The normalized spacial score (nSPS) is 10.9. The van der Waals surface area contributed by atoms with Crippen molar-refractivity contribution in [2.24, 2.45) is 4.99 Å². The number of aryl methyl sites for hydroxylation is 1. The molecule has 0 amide bonds. The first-order valence-electron chi connectivity index (χ1n) is 10.6. The average molecular weight is 541 g/mol. The minimum Gasteiger partial charge on any atom is -0.493 e. The van der Waals surface area contributed by atoms with Crippen LogP contribution in [0.5, 0.6) is 11.5 Å². The zero-order chi connectivity index (χ0) is 21.6. The van der Waals surface area contributed by atoms with E-state index in [1.165, 1.54) is 16.7 Å². The third-order valence-corrected chi connectivity index (χ3v) is 4.56. The Bertz CT molecular complexity index is 782. The Kier molecular flexibility index (Phi) is 13.7. The summed E-state index contributed by atoms with van der Waals surface area (Å²) in [6.07, 6.45) is 1.95. The Morgan fingerprint density at radius 2 is 1.61 bits per heavy atom. The number of ether oxygens (including phenoxy) is 3. The molecule has 6 nitrogen and oxygen atoms in total. The number of halogens is 1. The lowest BCUT2D eigenvalue weighted by molar-refractivity contribution is 0.185. The molecule has 31 heavy (non-hydrogen) atoms. The average Bonchev–Trinajstić information content (AvgIpc) is 2.76. The molecular formula is C24H36IN3O3. The first-order valence-corrected chi connectivity index (χ1v) is 10.6. The lowest BCUT2D eigenvalue weighted by Gasteiger charge is -2.13. The molecule has 0 radical (unpaired) electrons. The fourth-order valence-corrected chi connectivity index (χ4v) is 3.06. The summed E-state index contributed by atoms with van der Waals surface area (Å²) in [6, 6.07) is 14.5. The van der Waals surface area contributed by atoms with Crippen molar-refractivity contribution in [1.82, 2.24) is 10.6 Å². The van der Waals surface area contributed by atoms with Crippen LogP contribution in [0.4, 0.5) is 0 Å². The molecule has 2 aromatic rings. The second-order valence-corrected chi connectivity index (χ2v) is 6.89. The summed E-state index contributed by atoms with van der Waals surface area (Å²) in [5.74, 6) is 2.41. The van der Waals surface area contributed by atoms with Crippen molar-refractivity contribution in [3.63, 3.8) is 0 Å². The molecule has 0 unspecified atom stereocenters. The van der Waals surface area contributed by atoms with Gasteiger partial charge in [0.2, 0.25) is 0 Å². The third kappa shape index (κ3) is 9.78. The van der Waals surface area contributed by atoms with Crippen molar-refractivity contribution in [2.75, 3.05) is 33.9 Å². The van der Waals surface area contributed by atoms with Gasteiger partial charge in [-0.15, -0.1) is 24.0 Å². The van der Waals surface area contributed by atoms with E-state index in [0.717, 1.165) is 43.4 Å². The van der Waals surface area contributed by atoms with Crippen molar-refractivity contribution in [1.29, 1.82) is 0 Å². The highest BCUT2D eigenvalue weighted by atomic mass is 127. The van der Waals surface area contributed by atoms with E-state index < -0.39 is 0 Å². The van der Waals surface area contributed by atoms with Crippen LogP contribution in [0.3, 0.4) is 0 Å². The van der Waals surface area contributed by atoms with Crippen LogP contribution in [0.1, 0.15) is 37.0 Å². The first kappa shape index (κ1) is 27.0. The van der Waals surface area contributed by atoms with Gasteiger partial charge in [-0.05, 0) is 55.5 Å². The number of aliphatic imine (C=N–C) groups is 1. The van der Waals surface area contributed by atoms with E-state index in [-0.39, 0.29) is 24.0 Å². The SMILES string of the molecule is CCNC(=NCc1ccc(COC)cc1)NCCCc1ccc(OC)c(OCC)c1.I. The highest BCUT2D eigenvalue weighted by molar-refractivity contribution is 14.0. The molecule has 0 heterocycles. The number of benzene rings is 2. The molecule has 172 valence electrons. The highest BCUT2D eigenvalue weighted by Gasteiger charge is 2.05. The molecule has 0 aliphatic heterocycles. The molecule has 0 bridgehead atoms. The van der Waals surface area contributed by atoms with Gasteiger partial charge < -0.3 is 24.8 Å². The zero-order valence-corrected chi connectivity index (χ0v) is 21.4. The summed E-state index contributed by atoms with van der Waals surface area (Å²) < 4.78 is 16.2. The van der Waals surface area contributed by atoms with Crippen molar-refractivity contribution < 1.29 is 14.2 Å². The van der Waals surface area contributed by atoms with Crippen LogP contribution in [-0.4, -0.2) is 39.9 Å². The number of hydrogen-bond donors (Lipinski definition) is 2. The van der Waals surface area contributed by atoms with Gasteiger partial charge in [0.05, 0.1) is 26.9 Å². The predicted octanol–water partition coefficient (Wildman–Crippen LogP) is 4.55. The minimum absolute atomic E-state index is 0. The number of methoxy groups -OCH3 is 2. The maximum atomic E-state index is 5.66. The van der Waals surface area contributed by atoms with Crippen molar-refractivity contribution >= 4 is 29.9 Å². The van der Waals surface area contributed by atoms with E-state index in [0.29, 0.717) is 19.8 Å². The molecule has 2 rings (SSSR count). The van der Waals surface area contributed by atoms with Crippen LogP contribution in [0, 0.1) is 0 Å². The number of hydrogen-bond acceptors (Lipinski definition) is 4. The van der Waals surface area contributed by atoms with Gasteiger partial charge in [-0.2, -0.15) is 0 Å². The van der Waals surface area contributed by atoms with Crippen molar-refractivity contribution in [3.8, 4) is 11.5 Å². The second kappa shape index (κ2) is 15.8. The molecule has 0 saturated carbocycles. The summed E-state index contributed by atoms with van der Waals surface area (Å²) in [4.78, 5) is 4.69. The Labute approximate surface area is 203 Å². The van der Waals surface area contributed by atoms with Gasteiger partial charge in [0.1, 0.15) is 0 Å². The molecule has 2 N–H and O–H groups in total. The van der Waals surface area contributed by atoms with Gasteiger partial charge in [0, 0.05) is 20.2 Å². The molecule has 0 atom stereocenters. The van der Waals surface area contributed by atoms with E-state index >= 15 is 0 Å². The molecule has 7 heteroatoms. The summed E-state index contributed by atoms with van der Waals surface area (Å²) in [5, 5.41) is 6.72. The van der Waals surface area contributed by atoms with Gasteiger partial charge in [-0.25, -0.2) is 4.99 Å². The minimum atomic E-state index is 0. The molecule has 0 aliphatic rings. The van der Waals surface area contributed by atoms with Gasteiger partial charge in [0.15, 0.2) is 17.5 Å². The van der Waals surface area contributed by atoms with E-state index in [9.17, 15) is 0 Å². The van der Waals surface area contributed by atoms with E-state index in [1.54, 1.807) is 14.2 Å². The number of guanidine groups is 1. The van der Waals surface area contributed by atoms with Crippen LogP contribution >= 0.6 is 24.0 Å². The summed E-state index contributed by atoms with van der Waals surface area (Å²) >= 11 is 0. The second-order valence-electron chi connectivity index (χ2n) is 6.89. The maximum Gasteiger partial charge on any atom is 0.191 e. The standard InChI is InChI=1S/C24H35N3O3.HI/c1-5-25-24(27-17-20-9-11-21(12-10-20)18-28-3)26-15-7-8-19-13-14-22(29-4)23(16-19)30-6-2;/h9-14,16H,5-8,15,17-18H2,1-4H3,(H2,25,26,27);1H. The van der Waals surface area contributed by atoms with Gasteiger partial charge in [0.25, 0.3) is 0 Å². The van der Waals surface area contributed by atoms with Gasteiger partial charge in [-0.3, -0.25) is 0 Å². The molecular weight excluding hydrogens is 505 g/mol. The number of nitrogens with zero attached hydrogens (tertiary/aromatic N) is 1. The van der Waals surface area contributed by atoms with Crippen LogP contribution < -0.4 is 20.1 Å². The largest absolute Gasteiger partial charge is 0.493 e. The van der Waals surface area contributed by atoms with Crippen molar-refractivity contribution in [3.05, 3.63) is 59.2 Å².